The van der Waals surface area contributed by atoms with Gasteiger partial charge in [-0.05, 0) is 74.7 Å². The average Bonchev–Trinajstić information content (AvgIpc) is 2.91. The summed E-state index contributed by atoms with van der Waals surface area (Å²) in [5.41, 5.74) is 1.98. The van der Waals surface area contributed by atoms with Gasteiger partial charge >= 0.3 is 0 Å². The van der Waals surface area contributed by atoms with E-state index >= 15 is 0 Å². The van der Waals surface area contributed by atoms with Crippen LogP contribution in [0.15, 0.2) is 83.8 Å². The van der Waals surface area contributed by atoms with Crippen molar-refractivity contribution in [2.45, 2.75) is 57.6 Å². The van der Waals surface area contributed by atoms with Gasteiger partial charge in [-0.1, -0.05) is 49.4 Å². The van der Waals surface area contributed by atoms with Crippen molar-refractivity contribution in [3.05, 3.63) is 90.0 Å². The minimum atomic E-state index is -4.09. The van der Waals surface area contributed by atoms with Crippen LogP contribution in [0.1, 0.15) is 38.3 Å². The van der Waals surface area contributed by atoms with Gasteiger partial charge in [0.1, 0.15) is 18.3 Å². The van der Waals surface area contributed by atoms with E-state index in [4.69, 9.17) is 4.74 Å². The second-order valence-electron chi connectivity index (χ2n) is 9.62. The molecule has 208 valence electrons. The van der Waals surface area contributed by atoms with Crippen molar-refractivity contribution in [3.63, 3.8) is 0 Å². The largest absolute Gasteiger partial charge is 0.497 e. The Labute approximate surface area is 231 Å². The molecule has 1 atom stereocenters. The molecule has 0 heterocycles. The average molecular weight is 552 g/mol. The van der Waals surface area contributed by atoms with Crippen LogP contribution in [0.3, 0.4) is 0 Å². The van der Waals surface area contributed by atoms with E-state index in [2.05, 4.69) is 5.32 Å². The SMILES string of the molecule is CC[C@@H](C(=O)NC(C)C)N(Cc1cccc(OC)c1)C(=O)CN(c1cccc(C)c1)S(=O)(=O)c1ccccc1. The second kappa shape index (κ2) is 13.3. The number of carbonyl (C=O) groups is 2. The van der Waals surface area contributed by atoms with Crippen molar-refractivity contribution in [2.75, 3.05) is 18.0 Å². The van der Waals surface area contributed by atoms with Crippen molar-refractivity contribution in [3.8, 4) is 5.75 Å². The van der Waals surface area contributed by atoms with Gasteiger partial charge in [-0.3, -0.25) is 13.9 Å². The number of nitrogens with zero attached hydrogens (tertiary/aromatic N) is 2. The molecule has 0 aliphatic heterocycles. The summed E-state index contributed by atoms with van der Waals surface area (Å²) in [5, 5.41) is 2.90. The molecule has 9 heteroatoms. The summed E-state index contributed by atoms with van der Waals surface area (Å²) >= 11 is 0. The molecule has 3 rings (SSSR count). The number of hydrogen-bond acceptors (Lipinski definition) is 5. The van der Waals surface area contributed by atoms with Crippen LogP contribution in [0.4, 0.5) is 5.69 Å². The molecule has 3 aromatic rings. The number of ether oxygens (including phenoxy) is 1. The first-order valence-electron chi connectivity index (χ1n) is 12.9. The van der Waals surface area contributed by atoms with E-state index in [-0.39, 0.29) is 23.4 Å². The fourth-order valence-electron chi connectivity index (χ4n) is 4.30. The van der Waals surface area contributed by atoms with Gasteiger partial charge in [0, 0.05) is 12.6 Å². The van der Waals surface area contributed by atoms with Crippen molar-refractivity contribution in [1.29, 1.82) is 0 Å². The summed E-state index contributed by atoms with van der Waals surface area (Å²) in [6.45, 7) is 7.02. The third-order valence-corrected chi connectivity index (χ3v) is 7.99. The molecule has 0 bridgehead atoms. The first kappa shape index (κ1) is 29.7. The second-order valence-corrected chi connectivity index (χ2v) is 11.5. The molecule has 8 nitrogen and oxygen atoms in total. The van der Waals surface area contributed by atoms with Crippen LogP contribution in [0.2, 0.25) is 0 Å². The number of nitrogens with one attached hydrogen (secondary N) is 1. The highest BCUT2D eigenvalue weighted by Gasteiger charge is 2.33. The number of hydrogen-bond donors (Lipinski definition) is 1. The van der Waals surface area contributed by atoms with Gasteiger partial charge < -0.3 is 15.0 Å². The van der Waals surface area contributed by atoms with Gasteiger partial charge in [0.15, 0.2) is 0 Å². The van der Waals surface area contributed by atoms with Gasteiger partial charge in [-0.15, -0.1) is 0 Å². The Kier molecular flexibility index (Phi) is 10.1. The zero-order valence-electron chi connectivity index (χ0n) is 23.1. The molecule has 0 fully saturated rings. The Bertz CT molecular complexity index is 1380. The molecule has 2 amide bonds. The van der Waals surface area contributed by atoms with E-state index in [1.165, 1.54) is 17.0 Å². The molecule has 0 spiro atoms. The molecule has 39 heavy (non-hydrogen) atoms. The number of anilines is 1. The maximum absolute atomic E-state index is 14.0. The van der Waals surface area contributed by atoms with E-state index in [0.29, 0.717) is 17.9 Å². The fraction of sp³-hybridized carbons (Fsp3) is 0.333. The topological polar surface area (TPSA) is 96.0 Å². The summed E-state index contributed by atoms with van der Waals surface area (Å²) < 4.78 is 34.1. The summed E-state index contributed by atoms with van der Waals surface area (Å²) in [4.78, 5) is 28.8. The number of aryl methyl sites for hydroxylation is 1. The van der Waals surface area contributed by atoms with E-state index in [1.807, 2.05) is 45.9 Å². The number of amides is 2. The van der Waals surface area contributed by atoms with Crippen molar-refractivity contribution < 1.29 is 22.7 Å². The summed E-state index contributed by atoms with van der Waals surface area (Å²) in [7, 11) is -2.53. The maximum atomic E-state index is 14.0. The molecule has 1 N–H and O–H groups in total. The molecule has 0 aliphatic rings. The number of rotatable bonds is 12. The molecule has 3 aromatic carbocycles. The van der Waals surface area contributed by atoms with Crippen LogP contribution in [0, 0.1) is 6.92 Å². The van der Waals surface area contributed by atoms with E-state index in [0.717, 1.165) is 15.4 Å². The third-order valence-electron chi connectivity index (χ3n) is 6.20. The third kappa shape index (κ3) is 7.60. The standard InChI is InChI=1S/C30H37N3O5S/c1-6-28(30(35)31-22(2)3)32(20-24-13-11-15-26(19-24)38-5)29(34)21-33(25-14-10-12-23(4)18-25)39(36,37)27-16-8-7-9-17-27/h7-19,22,28H,6,20-21H2,1-5H3,(H,31,35)/t28-/m0/s1. The number of benzene rings is 3. The molecule has 0 saturated carbocycles. The van der Waals surface area contributed by atoms with Gasteiger partial charge in [-0.2, -0.15) is 0 Å². The lowest BCUT2D eigenvalue weighted by Crippen LogP contribution is -2.53. The van der Waals surface area contributed by atoms with Crippen molar-refractivity contribution in [1.82, 2.24) is 10.2 Å². The van der Waals surface area contributed by atoms with Crippen LogP contribution in [-0.4, -0.2) is 50.9 Å². The summed E-state index contributed by atoms with van der Waals surface area (Å²) in [6.07, 6.45) is 0.351. The molecule has 0 saturated heterocycles. The Morgan fingerprint density at radius 1 is 0.949 bits per heavy atom. The smallest absolute Gasteiger partial charge is 0.264 e. The maximum Gasteiger partial charge on any atom is 0.264 e. The lowest BCUT2D eigenvalue weighted by molar-refractivity contribution is -0.140. The van der Waals surface area contributed by atoms with Crippen LogP contribution < -0.4 is 14.4 Å². The lowest BCUT2D eigenvalue weighted by Gasteiger charge is -2.33. The van der Waals surface area contributed by atoms with Crippen LogP contribution in [0.25, 0.3) is 0 Å². The summed E-state index contributed by atoms with van der Waals surface area (Å²) in [5.74, 6) is -0.172. The minimum absolute atomic E-state index is 0.0724. The van der Waals surface area contributed by atoms with Gasteiger partial charge in [0.2, 0.25) is 11.8 Å². The highest BCUT2D eigenvalue weighted by Crippen LogP contribution is 2.26. The predicted octanol–water partition coefficient (Wildman–Crippen LogP) is 4.53. The highest BCUT2D eigenvalue weighted by atomic mass is 32.2. The quantitative estimate of drug-likeness (QED) is 0.357. The fourth-order valence-corrected chi connectivity index (χ4v) is 5.73. The Balaban J connectivity index is 2.06. The van der Waals surface area contributed by atoms with Gasteiger partial charge in [0.25, 0.3) is 10.0 Å². The Hall–Kier alpha value is -3.85. The Morgan fingerprint density at radius 3 is 2.26 bits per heavy atom. The first-order valence-corrected chi connectivity index (χ1v) is 14.4. The molecule has 0 aliphatic carbocycles. The molecule has 0 aromatic heterocycles. The predicted molar refractivity (Wildman–Crippen MR) is 153 cm³/mol. The van der Waals surface area contributed by atoms with Crippen LogP contribution in [0.5, 0.6) is 5.75 Å². The van der Waals surface area contributed by atoms with E-state index in [1.54, 1.807) is 55.6 Å². The zero-order chi connectivity index (χ0) is 28.6. The lowest BCUT2D eigenvalue weighted by atomic mass is 10.1. The highest BCUT2D eigenvalue weighted by molar-refractivity contribution is 7.92. The zero-order valence-corrected chi connectivity index (χ0v) is 23.9. The first-order chi connectivity index (χ1) is 18.6. The van der Waals surface area contributed by atoms with Crippen molar-refractivity contribution in [2.24, 2.45) is 0 Å². The number of carbonyl (C=O) groups excluding carboxylic acids is 2. The van der Waals surface area contributed by atoms with Gasteiger partial charge in [-0.25, -0.2) is 8.42 Å². The Morgan fingerprint density at radius 2 is 1.64 bits per heavy atom. The summed E-state index contributed by atoms with van der Waals surface area (Å²) in [6, 6.07) is 21.3. The monoisotopic (exact) mass is 551 g/mol. The van der Waals surface area contributed by atoms with Crippen LogP contribution in [-0.2, 0) is 26.2 Å². The minimum Gasteiger partial charge on any atom is -0.497 e. The normalized spacial score (nSPS) is 12.1. The van der Waals surface area contributed by atoms with E-state index < -0.39 is 28.5 Å². The number of methoxy groups -OCH3 is 1. The number of sulfonamides is 1. The van der Waals surface area contributed by atoms with Crippen LogP contribution >= 0.6 is 0 Å². The molecular weight excluding hydrogens is 514 g/mol. The molecule has 0 unspecified atom stereocenters. The van der Waals surface area contributed by atoms with E-state index in [9.17, 15) is 18.0 Å². The molecular formula is C30H37N3O5S. The molecule has 0 radical (unpaired) electrons. The van der Waals surface area contributed by atoms with Gasteiger partial charge in [0.05, 0.1) is 17.7 Å². The van der Waals surface area contributed by atoms with Crippen molar-refractivity contribution >= 4 is 27.5 Å².